The summed E-state index contributed by atoms with van der Waals surface area (Å²) >= 11 is 3.29. The molecule has 0 aliphatic heterocycles. The summed E-state index contributed by atoms with van der Waals surface area (Å²) in [6.07, 6.45) is 0. The van der Waals surface area contributed by atoms with Gasteiger partial charge >= 0.3 is 0 Å². The Balaban J connectivity index is 3.60. The Morgan fingerprint density at radius 2 is 1.78 bits per heavy atom. The molecule has 0 amide bonds. The van der Waals surface area contributed by atoms with Gasteiger partial charge in [-0.15, -0.1) is 0 Å². The molecule has 0 aromatic heterocycles. The Morgan fingerprint density at radius 1 is 1.33 bits per heavy atom. The minimum atomic E-state index is 0.00759. The van der Waals surface area contributed by atoms with Gasteiger partial charge in [0, 0.05) is 4.47 Å². The molecule has 1 heteroatoms. The third-order valence-electron chi connectivity index (χ3n) is 1.16. The summed E-state index contributed by atoms with van der Waals surface area (Å²) in [5.41, 5.74) is 1.46. The summed E-state index contributed by atoms with van der Waals surface area (Å²) in [6.45, 7) is 3.55. The molecule has 48 valence electrons. The van der Waals surface area contributed by atoms with Crippen LogP contribution in [0.2, 0.25) is 0 Å². The molecule has 0 unspecified atom stereocenters. The molecule has 0 bridgehead atoms. The van der Waals surface area contributed by atoms with Gasteiger partial charge in [0.2, 0.25) is 0 Å². The fourth-order valence-electron chi connectivity index (χ4n) is 0.610. The molecule has 1 aromatic rings. The van der Waals surface area contributed by atoms with Crippen LogP contribution in [0.25, 0.3) is 0 Å². The van der Waals surface area contributed by atoms with Crippen LogP contribution in [0.5, 0.6) is 0 Å². The van der Waals surface area contributed by atoms with Crippen LogP contribution in [0.3, 0.4) is 0 Å². The molecule has 0 radical (unpaired) electrons. The predicted molar refractivity (Wildman–Crippen MR) is 43.6 cm³/mol. The zero-order valence-corrected chi connectivity index (χ0v) is 6.96. The molecule has 1 rings (SSSR count). The van der Waals surface area contributed by atoms with E-state index < -0.39 is 0 Å². The van der Waals surface area contributed by atoms with Crippen LogP contribution in [-0.4, -0.2) is 0 Å². The molecular formula is C8H9Br. The van der Waals surface area contributed by atoms with E-state index in [1.165, 1.54) is 0 Å². The van der Waals surface area contributed by atoms with E-state index in [0.717, 1.165) is 15.6 Å². The number of rotatable bonds is 0. The van der Waals surface area contributed by atoms with E-state index in [2.05, 4.69) is 15.9 Å². The maximum atomic E-state index is 7.48. The summed E-state index contributed by atoms with van der Waals surface area (Å²) in [6, 6.07) is 0.281. The fourth-order valence-corrected chi connectivity index (χ4v) is 0.808. The monoisotopic (exact) mass is 187 g/mol. The van der Waals surface area contributed by atoms with Crippen molar-refractivity contribution in [3.63, 3.8) is 0 Å². The van der Waals surface area contributed by atoms with Gasteiger partial charge in [-0.05, 0) is 25.0 Å². The highest BCUT2D eigenvalue weighted by molar-refractivity contribution is 9.10. The van der Waals surface area contributed by atoms with Crippen LogP contribution < -0.4 is 0 Å². The molecule has 1 aromatic carbocycles. The van der Waals surface area contributed by atoms with Gasteiger partial charge in [-0.25, -0.2) is 0 Å². The second kappa shape index (κ2) is 2.53. The molecule has 0 heterocycles. The lowest BCUT2D eigenvalue weighted by Crippen LogP contribution is -1.77. The quantitative estimate of drug-likeness (QED) is 0.586. The van der Waals surface area contributed by atoms with Gasteiger partial charge in [-0.3, -0.25) is 0 Å². The second-order valence-corrected chi connectivity index (χ2v) is 2.73. The van der Waals surface area contributed by atoms with Crippen molar-refractivity contribution in [2.45, 2.75) is 13.8 Å². The maximum Gasteiger partial charge on any atom is 0.0626 e. The number of hydrogen-bond acceptors (Lipinski definition) is 0. The first kappa shape index (κ1) is 3.77. The molecule has 9 heavy (non-hydrogen) atoms. The number of hydrogen-bond donors (Lipinski definition) is 0. The Labute approximate surface area is 68.2 Å². The molecule has 0 aliphatic rings. The average molecular weight is 188 g/mol. The zero-order chi connectivity index (χ0) is 9.46. The summed E-state index contributed by atoms with van der Waals surface area (Å²) in [4.78, 5) is 0. The molecule has 0 saturated carbocycles. The van der Waals surface area contributed by atoms with Gasteiger partial charge < -0.3 is 0 Å². The predicted octanol–water partition coefficient (Wildman–Crippen LogP) is 3.07. The largest absolute Gasteiger partial charge is 0.0626 e. The van der Waals surface area contributed by atoms with Gasteiger partial charge in [0.25, 0.3) is 0 Å². The van der Waals surface area contributed by atoms with Crippen LogP contribution in [0.15, 0.2) is 22.6 Å². The standard InChI is InChI=1S/C8H9Br/c1-6-4-3-5-7(2)8(6)9/h3-5H,1-2H3/i3D,4D,5D. The molecule has 0 N–H and O–H groups in total. The van der Waals surface area contributed by atoms with E-state index >= 15 is 0 Å². The summed E-state index contributed by atoms with van der Waals surface area (Å²) in [5.74, 6) is 0. The van der Waals surface area contributed by atoms with Gasteiger partial charge in [0.05, 0.1) is 4.11 Å². The highest BCUT2D eigenvalue weighted by Crippen LogP contribution is 2.19. The first-order valence-electron chi connectivity index (χ1n) is 4.19. The summed E-state index contributed by atoms with van der Waals surface area (Å²) in [5, 5.41) is 0. The van der Waals surface area contributed by atoms with E-state index in [1.54, 1.807) is 13.8 Å². The van der Waals surface area contributed by atoms with Crippen molar-refractivity contribution in [2.24, 2.45) is 0 Å². The molecule has 0 saturated heterocycles. The first-order valence-corrected chi connectivity index (χ1v) is 3.48. The van der Waals surface area contributed by atoms with Crippen molar-refractivity contribution in [2.75, 3.05) is 0 Å². The van der Waals surface area contributed by atoms with Crippen molar-refractivity contribution in [3.05, 3.63) is 33.7 Å². The molecule has 0 spiro atoms. The van der Waals surface area contributed by atoms with Crippen molar-refractivity contribution < 1.29 is 4.11 Å². The number of benzene rings is 1. The SMILES string of the molecule is [2H]c1c([2H])c(C)c(Br)c(C)c1[2H]. The maximum absolute atomic E-state index is 7.48. The van der Waals surface area contributed by atoms with Gasteiger partial charge in [0.15, 0.2) is 0 Å². The van der Waals surface area contributed by atoms with Crippen LogP contribution >= 0.6 is 15.9 Å². The minimum Gasteiger partial charge on any atom is -0.0617 e. The van der Waals surface area contributed by atoms with Crippen molar-refractivity contribution in [3.8, 4) is 0 Å². The van der Waals surface area contributed by atoms with E-state index in [0.29, 0.717) is 0 Å². The van der Waals surface area contributed by atoms with E-state index in [9.17, 15) is 0 Å². The molecular weight excluding hydrogens is 176 g/mol. The van der Waals surface area contributed by atoms with Gasteiger partial charge in [-0.1, -0.05) is 34.1 Å². The smallest absolute Gasteiger partial charge is 0.0617 e. The van der Waals surface area contributed by atoms with E-state index in [4.69, 9.17) is 4.11 Å². The van der Waals surface area contributed by atoms with Crippen molar-refractivity contribution in [1.82, 2.24) is 0 Å². The van der Waals surface area contributed by atoms with E-state index in [-0.39, 0.29) is 18.1 Å². The first-order chi connectivity index (χ1) is 5.46. The Kier molecular flexibility index (Phi) is 1.06. The van der Waals surface area contributed by atoms with Crippen LogP contribution in [-0.2, 0) is 0 Å². The number of halogens is 1. The van der Waals surface area contributed by atoms with Crippen LogP contribution in [0.1, 0.15) is 15.2 Å². The Hall–Kier alpha value is -0.300. The third-order valence-corrected chi connectivity index (χ3v) is 2.35. The summed E-state index contributed by atoms with van der Waals surface area (Å²) < 4.78 is 23.2. The second-order valence-electron chi connectivity index (χ2n) is 1.94. The molecule has 0 atom stereocenters. The normalized spacial score (nSPS) is 14.3. The third kappa shape index (κ3) is 1.33. The van der Waals surface area contributed by atoms with E-state index in [1.807, 2.05) is 0 Å². The van der Waals surface area contributed by atoms with Gasteiger partial charge in [-0.2, -0.15) is 0 Å². The van der Waals surface area contributed by atoms with Crippen molar-refractivity contribution in [1.29, 1.82) is 0 Å². The Bertz CT molecular complexity index is 229. The summed E-state index contributed by atoms with van der Waals surface area (Å²) in [7, 11) is 0. The lowest BCUT2D eigenvalue weighted by molar-refractivity contribution is 1.34. The van der Waals surface area contributed by atoms with Crippen LogP contribution in [0, 0.1) is 13.8 Å². The van der Waals surface area contributed by atoms with Gasteiger partial charge in [0.1, 0.15) is 0 Å². The van der Waals surface area contributed by atoms with Crippen LogP contribution in [0.4, 0.5) is 0 Å². The lowest BCUT2D eigenvalue weighted by atomic mass is 10.2. The fraction of sp³-hybridized carbons (Fsp3) is 0.250. The highest BCUT2D eigenvalue weighted by Gasteiger charge is 1.93. The topological polar surface area (TPSA) is 0 Å². The average Bonchev–Trinajstić information content (AvgIpc) is 2.08. The Morgan fingerprint density at radius 3 is 2.22 bits per heavy atom. The zero-order valence-electron chi connectivity index (χ0n) is 8.38. The molecule has 0 nitrogen and oxygen atoms in total. The molecule has 0 aliphatic carbocycles. The molecule has 0 fully saturated rings. The minimum absolute atomic E-state index is 0.00759. The lowest BCUT2D eigenvalue weighted by Gasteiger charge is -1.98. The van der Waals surface area contributed by atoms with Crippen molar-refractivity contribution >= 4 is 15.9 Å². The highest BCUT2D eigenvalue weighted by atomic mass is 79.9.